The zero-order chi connectivity index (χ0) is 13.1. The van der Waals surface area contributed by atoms with Gasteiger partial charge in [-0.25, -0.2) is 4.98 Å². The van der Waals surface area contributed by atoms with Gasteiger partial charge in [-0.15, -0.1) is 0 Å². The molecule has 1 amide bonds. The van der Waals surface area contributed by atoms with E-state index in [1.807, 2.05) is 12.1 Å². The third-order valence-electron chi connectivity index (χ3n) is 2.21. The van der Waals surface area contributed by atoms with Gasteiger partial charge in [0.15, 0.2) is 0 Å². The summed E-state index contributed by atoms with van der Waals surface area (Å²) in [5.74, 6) is -0.0925. The van der Waals surface area contributed by atoms with E-state index in [4.69, 9.17) is 5.73 Å². The number of nitrogen functional groups attached to an aromatic ring is 1. The molecule has 0 saturated heterocycles. The number of nitrogens with two attached hydrogens (primary N) is 1. The number of hydrogen-bond donors (Lipinski definition) is 2. The Labute approximate surface area is 121 Å². The number of nitrogens with one attached hydrogen (secondary N) is 1. The van der Waals surface area contributed by atoms with E-state index < -0.39 is 0 Å². The normalized spacial score (nSPS) is 10.1. The van der Waals surface area contributed by atoms with Crippen LogP contribution in [0.4, 0.5) is 11.5 Å². The second kappa shape index (κ2) is 5.49. The zero-order valence-electron chi connectivity index (χ0n) is 9.15. The van der Waals surface area contributed by atoms with Gasteiger partial charge in [0.05, 0.1) is 5.56 Å². The van der Waals surface area contributed by atoms with Crippen molar-refractivity contribution in [1.82, 2.24) is 4.98 Å². The summed E-state index contributed by atoms with van der Waals surface area (Å²) in [4.78, 5) is 16.0. The van der Waals surface area contributed by atoms with Gasteiger partial charge in [-0.05, 0) is 40.2 Å². The Balaban J connectivity index is 2.24. The Morgan fingerprint density at radius 2 is 2.00 bits per heavy atom. The number of aromatic nitrogens is 1. The maximum absolute atomic E-state index is 12.0. The van der Waals surface area contributed by atoms with Gasteiger partial charge in [0.1, 0.15) is 5.82 Å². The summed E-state index contributed by atoms with van der Waals surface area (Å²) in [6.07, 6.45) is 1.55. The lowest BCUT2D eigenvalue weighted by molar-refractivity contribution is 0.102. The molecule has 3 N–H and O–H groups in total. The van der Waals surface area contributed by atoms with Crippen LogP contribution >= 0.6 is 31.9 Å². The molecule has 0 fully saturated rings. The standard InChI is InChI=1S/C12H9Br2N3O/c13-7-2-1-3-9(4-7)17-12(18)10-5-8(14)6-16-11(10)15/h1-6H,(H2,15,16)(H,17,18). The van der Waals surface area contributed by atoms with E-state index >= 15 is 0 Å². The monoisotopic (exact) mass is 369 g/mol. The minimum Gasteiger partial charge on any atom is -0.383 e. The second-order valence-electron chi connectivity index (χ2n) is 3.55. The Bertz CT molecular complexity index is 602. The highest BCUT2D eigenvalue weighted by Crippen LogP contribution is 2.19. The molecule has 0 aliphatic carbocycles. The SMILES string of the molecule is Nc1ncc(Br)cc1C(=O)Nc1cccc(Br)c1. The van der Waals surface area contributed by atoms with Crippen molar-refractivity contribution in [2.75, 3.05) is 11.1 Å². The highest BCUT2D eigenvalue weighted by Gasteiger charge is 2.11. The molecule has 0 unspecified atom stereocenters. The molecule has 1 heterocycles. The van der Waals surface area contributed by atoms with Crippen LogP contribution in [0.5, 0.6) is 0 Å². The molecule has 2 aromatic rings. The van der Waals surface area contributed by atoms with Crippen LogP contribution in [0.3, 0.4) is 0 Å². The summed E-state index contributed by atoms with van der Waals surface area (Å²) >= 11 is 6.59. The number of benzene rings is 1. The Kier molecular flexibility index (Phi) is 3.98. The molecule has 0 aliphatic heterocycles. The number of rotatable bonds is 2. The van der Waals surface area contributed by atoms with Crippen molar-refractivity contribution in [2.24, 2.45) is 0 Å². The number of anilines is 2. The Hall–Kier alpha value is -1.40. The van der Waals surface area contributed by atoms with Gasteiger partial charge in [-0.1, -0.05) is 22.0 Å². The van der Waals surface area contributed by atoms with Crippen molar-refractivity contribution < 1.29 is 4.79 Å². The first-order valence-electron chi connectivity index (χ1n) is 5.04. The van der Waals surface area contributed by atoms with Crippen LogP contribution in [0.25, 0.3) is 0 Å². The van der Waals surface area contributed by atoms with Crippen LogP contribution in [0, 0.1) is 0 Å². The van der Waals surface area contributed by atoms with Crippen LogP contribution in [-0.2, 0) is 0 Å². The van der Waals surface area contributed by atoms with Crippen molar-refractivity contribution in [2.45, 2.75) is 0 Å². The highest BCUT2D eigenvalue weighted by molar-refractivity contribution is 9.10. The van der Waals surface area contributed by atoms with Gasteiger partial charge < -0.3 is 11.1 Å². The fourth-order valence-electron chi connectivity index (χ4n) is 1.40. The van der Waals surface area contributed by atoms with Gasteiger partial charge in [0.2, 0.25) is 0 Å². The Morgan fingerprint density at radius 1 is 1.22 bits per heavy atom. The number of carbonyl (C=O) groups excluding carboxylic acids is 1. The fourth-order valence-corrected chi connectivity index (χ4v) is 2.13. The first-order valence-corrected chi connectivity index (χ1v) is 6.63. The van der Waals surface area contributed by atoms with E-state index in [0.29, 0.717) is 15.7 Å². The number of amides is 1. The molecule has 0 radical (unpaired) electrons. The summed E-state index contributed by atoms with van der Waals surface area (Å²) in [5.41, 5.74) is 6.70. The highest BCUT2D eigenvalue weighted by atomic mass is 79.9. The number of hydrogen-bond acceptors (Lipinski definition) is 3. The third kappa shape index (κ3) is 3.08. The number of carbonyl (C=O) groups is 1. The number of nitrogens with zero attached hydrogens (tertiary/aromatic N) is 1. The molecular weight excluding hydrogens is 362 g/mol. The summed E-state index contributed by atoms with van der Waals surface area (Å²) < 4.78 is 1.59. The topological polar surface area (TPSA) is 68.0 Å². The summed E-state index contributed by atoms with van der Waals surface area (Å²) in [6, 6.07) is 8.95. The quantitative estimate of drug-likeness (QED) is 0.850. The van der Waals surface area contributed by atoms with Crippen molar-refractivity contribution in [3.05, 3.63) is 51.0 Å². The molecule has 0 bridgehead atoms. The van der Waals surface area contributed by atoms with Crippen LogP contribution in [-0.4, -0.2) is 10.9 Å². The van der Waals surface area contributed by atoms with Gasteiger partial charge >= 0.3 is 0 Å². The predicted molar refractivity (Wildman–Crippen MR) is 78.4 cm³/mol. The first-order chi connectivity index (χ1) is 8.56. The minimum atomic E-state index is -0.292. The number of pyridine rings is 1. The van der Waals surface area contributed by atoms with Gasteiger partial charge in [-0.3, -0.25) is 4.79 Å². The van der Waals surface area contributed by atoms with Crippen molar-refractivity contribution in [3.63, 3.8) is 0 Å². The lowest BCUT2D eigenvalue weighted by atomic mass is 10.2. The van der Waals surface area contributed by atoms with Crippen molar-refractivity contribution >= 4 is 49.3 Å². The van der Waals surface area contributed by atoms with Crippen LogP contribution < -0.4 is 11.1 Å². The van der Waals surface area contributed by atoms with E-state index in [-0.39, 0.29) is 11.7 Å². The molecule has 4 nitrogen and oxygen atoms in total. The lowest BCUT2D eigenvalue weighted by Gasteiger charge is -2.07. The molecule has 1 aromatic heterocycles. The Morgan fingerprint density at radius 3 is 2.72 bits per heavy atom. The molecule has 92 valence electrons. The largest absolute Gasteiger partial charge is 0.383 e. The third-order valence-corrected chi connectivity index (χ3v) is 3.14. The molecule has 0 saturated carbocycles. The summed E-state index contributed by atoms with van der Waals surface area (Å²) in [5, 5.41) is 2.76. The maximum atomic E-state index is 12.0. The van der Waals surface area contributed by atoms with Gasteiger partial charge in [0, 0.05) is 20.8 Å². The average Bonchev–Trinajstić information content (AvgIpc) is 2.32. The molecule has 0 aliphatic rings. The summed E-state index contributed by atoms with van der Waals surface area (Å²) in [6.45, 7) is 0. The van der Waals surface area contributed by atoms with Crippen molar-refractivity contribution in [1.29, 1.82) is 0 Å². The lowest BCUT2D eigenvalue weighted by Crippen LogP contribution is -2.14. The van der Waals surface area contributed by atoms with E-state index in [0.717, 1.165) is 4.47 Å². The second-order valence-corrected chi connectivity index (χ2v) is 5.38. The van der Waals surface area contributed by atoms with E-state index in [1.54, 1.807) is 24.4 Å². The van der Waals surface area contributed by atoms with Gasteiger partial charge in [-0.2, -0.15) is 0 Å². The smallest absolute Gasteiger partial charge is 0.259 e. The van der Waals surface area contributed by atoms with E-state index in [2.05, 4.69) is 42.2 Å². The van der Waals surface area contributed by atoms with Crippen LogP contribution in [0.2, 0.25) is 0 Å². The summed E-state index contributed by atoms with van der Waals surface area (Å²) in [7, 11) is 0. The van der Waals surface area contributed by atoms with E-state index in [9.17, 15) is 4.79 Å². The maximum Gasteiger partial charge on any atom is 0.259 e. The van der Waals surface area contributed by atoms with E-state index in [1.165, 1.54) is 0 Å². The first kappa shape index (κ1) is 13.0. The van der Waals surface area contributed by atoms with Gasteiger partial charge in [0.25, 0.3) is 5.91 Å². The number of halogens is 2. The molecule has 0 spiro atoms. The molecule has 6 heteroatoms. The predicted octanol–water partition coefficient (Wildman–Crippen LogP) is 3.44. The average molecular weight is 371 g/mol. The fraction of sp³-hybridized carbons (Fsp3) is 0. The zero-order valence-corrected chi connectivity index (χ0v) is 12.3. The van der Waals surface area contributed by atoms with Crippen LogP contribution in [0.15, 0.2) is 45.5 Å². The molecule has 1 aromatic carbocycles. The molecule has 2 rings (SSSR count). The molecular formula is C12H9Br2N3O. The van der Waals surface area contributed by atoms with Crippen LogP contribution in [0.1, 0.15) is 10.4 Å². The minimum absolute atomic E-state index is 0.200. The molecule has 0 atom stereocenters. The van der Waals surface area contributed by atoms with Crippen molar-refractivity contribution in [3.8, 4) is 0 Å². The molecule has 18 heavy (non-hydrogen) atoms.